The summed E-state index contributed by atoms with van der Waals surface area (Å²) < 4.78 is 10.2. The van der Waals surface area contributed by atoms with Crippen molar-refractivity contribution in [2.24, 2.45) is 5.92 Å². The number of carbonyl (C=O) groups is 2. The number of aryl methyl sites for hydroxylation is 1. The van der Waals surface area contributed by atoms with Crippen LogP contribution < -0.4 is 0 Å². The highest BCUT2D eigenvalue weighted by Gasteiger charge is 2.24. The monoisotopic (exact) mass is 365 g/mol. The lowest BCUT2D eigenvalue weighted by Crippen LogP contribution is -2.40. The zero-order valence-electron chi connectivity index (χ0n) is 16.2. The lowest BCUT2D eigenvalue weighted by molar-refractivity contribution is -0.143. The first-order chi connectivity index (χ1) is 12.5. The van der Waals surface area contributed by atoms with E-state index in [0.29, 0.717) is 49.9 Å². The average molecular weight is 365 g/mol. The van der Waals surface area contributed by atoms with Crippen LogP contribution >= 0.6 is 0 Å². The molecule has 7 nitrogen and oxygen atoms in total. The quantitative estimate of drug-likeness (QED) is 0.625. The standard InChI is InChI=1S/C19H31N3O4/c1-4-25-18(24)11-10-15-7-6-12-22(13-15)17(23)9-5-8-16-20-19(14(2)3)21-26-16/h14-15H,4-13H2,1-3H3/t15-/m0/s1. The number of nitrogens with zero attached hydrogens (tertiary/aromatic N) is 3. The van der Waals surface area contributed by atoms with E-state index < -0.39 is 0 Å². The molecule has 1 fully saturated rings. The maximum Gasteiger partial charge on any atom is 0.305 e. The Bertz CT molecular complexity index is 585. The summed E-state index contributed by atoms with van der Waals surface area (Å²) in [6.45, 7) is 7.84. The van der Waals surface area contributed by atoms with E-state index in [1.807, 2.05) is 25.7 Å². The topological polar surface area (TPSA) is 85.5 Å². The van der Waals surface area contributed by atoms with Gasteiger partial charge in [-0.05, 0) is 38.5 Å². The molecule has 0 bridgehead atoms. The number of aromatic nitrogens is 2. The Hall–Kier alpha value is -1.92. The number of carbonyl (C=O) groups excluding carboxylic acids is 2. The minimum absolute atomic E-state index is 0.142. The smallest absolute Gasteiger partial charge is 0.305 e. The molecule has 2 heterocycles. The average Bonchev–Trinajstić information content (AvgIpc) is 3.10. The molecule has 0 saturated carbocycles. The van der Waals surface area contributed by atoms with Crippen molar-refractivity contribution in [2.45, 2.75) is 71.6 Å². The number of esters is 1. The van der Waals surface area contributed by atoms with Gasteiger partial charge in [-0.1, -0.05) is 19.0 Å². The Labute approximate surface area is 155 Å². The fourth-order valence-corrected chi connectivity index (χ4v) is 3.24. The first-order valence-corrected chi connectivity index (χ1v) is 9.75. The Morgan fingerprint density at radius 2 is 2.15 bits per heavy atom. The molecular formula is C19H31N3O4. The van der Waals surface area contributed by atoms with Crippen molar-refractivity contribution in [1.82, 2.24) is 15.0 Å². The van der Waals surface area contributed by atoms with Crippen LogP contribution in [0.15, 0.2) is 4.52 Å². The summed E-state index contributed by atoms with van der Waals surface area (Å²) in [4.78, 5) is 30.2. The Morgan fingerprint density at radius 1 is 1.35 bits per heavy atom. The van der Waals surface area contributed by atoms with Gasteiger partial charge in [-0.15, -0.1) is 0 Å². The van der Waals surface area contributed by atoms with Crippen LogP contribution in [-0.2, 0) is 20.7 Å². The van der Waals surface area contributed by atoms with E-state index in [9.17, 15) is 9.59 Å². The van der Waals surface area contributed by atoms with Gasteiger partial charge in [0.2, 0.25) is 11.8 Å². The second-order valence-electron chi connectivity index (χ2n) is 7.25. The summed E-state index contributed by atoms with van der Waals surface area (Å²) in [6, 6.07) is 0. The van der Waals surface area contributed by atoms with Gasteiger partial charge in [-0.2, -0.15) is 4.98 Å². The third-order valence-electron chi connectivity index (χ3n) is 4.72. The maximum absolute atomic E-state index is 12.5. The van der Waals surface area contributed by atoms with E-state index in [-0.39, 0.29) is 17.8 Å². The van der Waals surface area contributed by atoms with Crippen molar-refractivity contribution >= 4 is 11.9 Å². The summed E-state index contributed by atoms with van der Waals surface area (Å²) in [5.41, 5.74) is 0. The SMILES string of the molecule is CCOC(=O)CC[C@@H]1CCCN(C(=O)CCCc2nc(C(C)C)no2)C1. The van der Waals surface area contributed by atoms with Gasteiger partial charge in [-0.3, -0.25) is 9.59 Å². The number of hydrogen-bond donors (Lipinski definition) is 0. The van der Waals surface area contributed by atoms with Crippen molar-refractivity contribution in [3.8, 4) is 0 Å². The predicted octanol–water partition coefficient (Wildman–Crippen LogP) is 3.10. The van der Waals surface area contributed by atoms with Gasteiger partial charge in [0.1, 0.15) is 0 Å². The van der Waals surface area contributed by atoms with Gasteiger partial charge in [0.15, 0.2) is 5.82 Å². The van der Waals surface area contributed by atoms with Crippen LogP contribution in [0.2, 0.25) is 0 Å². The van der Waals surface area contributed by atoms with Crippen LogP contribution in [0.1, 0.15) is 76.9 Å². The first kappa shape index (κ1) is 20.4. The molecule has 0 aliphatic carbocycles. The normalized spacial score (nSPS) is 17.5. The molecule has 0 spiro atoms. The number of likely N-dealkylation sites (tertiary alicyclic amines) is 1. The molecule has 146 valence electrons. The lowest BCUT2D eigenvalue weighted by atomic mass is 9.93. The summed E-state index contributed by atoms with van der Waals surface area (Å²) in [5.74, 6) is 1.99. The zero-order valence-corrected chi connectivity index (χ0v) is 16.2. The summed E-state index contributed by atoms with van der Waals surface area (Å²) in [5, 5.41) is 3.94. The van der Waals surface area contributed by atoms with E-state index in [4.69, 9.17) is 9.26 Å². The summed E-state index contributed by atoms with van der Waals surface area (Å²) >= 11 is 0. The summed E-state index contributed by atoms with van der Waals surface area (Å²) in [7, 11) is 0. The van der Waals surface area contributed by atoms with Gasteiger partial charge < -0.3 is 14.2 Å². The van der Waals surface area contributed by atoms with Crippen molar-refractivity contribution < 1.29 is 18.8 Å². The van der Waals surface area contributed by atoms with E-state index in [1.54, 1.807) is 0 Å². The molecule has 26 heavy (non-hydrogen) atoms. The third kappa shape index (κ3) is 6.42. The van der Waals surface area contributed by atoms with Gasteiger partial charge >= 0.3 is 5.97 Å². The molecule has 1 aliphatic rings. The predicted molar refractivity (Wildman–Crippen MR) is 96.5 cm³/mol. The number of hydrogen-bond acceptors (Lipinski definition) is 6. The van der Waals surface area contributed by atoms with E-state index in [2.05, 4.69) is 10.1 Å². The molecule has 1 amide bonds. The fraction of sp³-hybridized carbons (Fsp3) is 0.789. The molecule has 0 unspecified atom stereocenters. The van der Waals surface area contributed by atoms with Crippen LogP contribution in [0.25, 0.3) is 0 Å². The largest absolute Gasteiger partial charge is 0.466 e. The molecule has 1 atom stereocenters. The molecular weight excluding hydrogens is 334 g/mol. The second kappa shape index (κ2) is 10.3. The Morgan fingerprint density at radius 3 is 2.85 bits per heavy atom. The summed E-state index contributed by atoms with van der Waals surface area (Å²) in [6.07, 6.45) is 5.14. The molecule has 1 saturated heterocycles. The second-order valence-corrected chi connectivity index (χ2v) is 7.25. The first-order valence-electron chi connectivity index (χ1n) is 9.75. The Kier molecular flexibility index (Phi) is 8.06. The van der Waals surface area contributed by atoms with E-state index in [0.717, 1.165) is 32.4 Å². The lowest BCUT2D eigenvalue weighted by Gasteiger charge is -2.32. The highest BCUT2D eigenvalue weighted by molar-refractivity contribution is 5.76. The van der Waals surface area contributed by atoms with Gasteiger partial charge in [-0.25, -0.2) is 0 Å². The van der Waals surface area contributed by atoms with E-state index in [1.165, 1.54) is 0 Å². The number of amides is 1. The molecule has 0 N–H and O–H groups in total. The number of rotatable bonds is 9. The van der Waals surface area contributed by atoms with Crippen molar-refractivity contribution in [3.63, 3.8) is 0 Å². The highest BCUT2D eigenvalue weighted by atomic mass is 16.5. The molecule has 1 aromatic heterocycles. The van der Waals surface area contributed by atoms with Crippen LogP contribution in [0.5, 0.6) is 0 Å². The fourth-order valence-electron chi connectivity index (χ4n) is 3.24. The minimum atomic E-state index is -0.142. The van der Waals surface area contributed by atoms with Gasteiger partial charge in [0.05, 0.1) is 6.61 Å². The molecule has 1 aromatic rings. The van der Waals surface area contributed by atoms with Gasteiger partial charge in [0.25, 0.3) is 0 Å². The molecule has 1 aliphatic heterocycles. The Balaban J connectivity index is 1.70. The zero-order chi connectivity index (χ0) is 18.9. The number of piperidine rings is 1. The third-order valence-corrected chi connectivity index (χ3v) is 4.72. The maximum atomic E-state index is 12.5. The van der Waals surface area contributed by atoms with Crippen LogP contribution in [-0.4, -0.2) is 46.6 Å². The molecule has 7 heteroatoms. The van der Waals surface area contributed by atoms with Crippen molar-refractivity contribution in [1.29, 1.82) is 0 Å². The molecule has 0 aromatic carbocycles. The van der Waals surface area contributed by atoms with Crippen LogP contribution in [0.4, 0.5) is 0 Å². The molecule has 2 rings (SSSR count). The molecule has 0 radical (unpaired) electrons. The van der Waals surface area contributed by atoms with Crippen LogP contribution in [0, 0.1) is 5.92 Å². The number of ether oxygens (including phenoxy) is 1. The minimum Gasteiger partial charge on any atom is -0.466 e. The highest BCUT2D eigenvalue weighted by Crippen LogP contribution is 2.22. The van der Waals surface area contributed by atoms with Crippen molar-refractivity contribution in [2.75, 3.05) is 19.7 Å². The van der Waals surface area contributed by atoms with E-state index >= 15 is 0 Å². The van der Waals surface area contributed by atoms with Gasteiger partial charge in [0, 0.05) is 38.3 Å². The van der Waals surface area contributed by atoms with Crippen molar-refractivity contribution in [3.05, 3.63) is 11.7 Å². The van der Waals surface area contributed by atoms with Crippen LogP contribution in [0.3, 0.4) is 0 Å².